The molecule has 20 heavy (non-hydrogen) atoms. The van der Waals surface area contributed by atoms with Gasteiger partial charge in [0.2, 0.25) is 17.7 Å². The lowest BCUT2D eigenvalue weighted by Gasteiger charge is -2.12. The molecular formula is C10H14N4O5S. The largest absolute Gasteiger partial charge is 0.480 e. The summed E-state index contributed by atoms with van der Waals surface area (Å²) >= 11 is 1.07. The van der Waals surface area contributed by atoms with Gasteiger partial charge in [-0.25, -0.2) is 4.79 Å². The maximum atomic E-state index is 11.5. The van der Waals surface area contributed by atoms with Crippen LogP contribution in [0.2, 0.25) is 0 Å². The molecule has 1 aromatic rings. The van der Waals surface area contributed by atoms with Gasteiger partial charge in [-0.2, -0.15) is 0 Å². The summed E-state index contributed by atoms with van der Waals surface area (Å²) < 4.78 is 4.96. The number of thioether (sulfide) groups is 1. The second kappa shape index (κ2) is 7.48. The van der Waals surface area contributed by atoms with Gasteiger partial charge >= 0.3 is 12.0 Å². The van der Waals surface area contributed by atoms with Gasteiger partial charge < -0.3 is 14.8 Å². The monoisotopic (exact) mass is 302 g/mol. The highest BCUT2D eigenvalue weighted by molar-refractivity contribution is 8.00. The average Bonchev–Trinajstić information content (AvgIpc) is 2.72. The number of carbonyl (C=O) groups is 3. The third-order valence-electron chi connectivity index (χ3n) is 1.97. The number of carboxylic acids is 1. The van der Waals surface area contributed by atoms with E-state index in [0.717, 1.165) is 11.8 Å². The van der Waals surface area contributed by atoms with Gasteiger partial charge in [0.1, 0.15) is 6.04 Å². The Morgan fingerprint density at radius 1 is 1.40 bits per heavy atom. The molecule has 110 valence electrons. The van der Waals surface area contributed by atoms with E-state index in [2.05, 4.69) is 20.8 Å². The molecule has 10 heteroatoms. The van der Waals surface area contributed by atoms with Crippen LogP contribution in [0.4, 0.5) is 6.01 Å². The summed E-state index contributed by atoms with van der Waals surface area (Å²) in [6, 6.07) is -1.04. The van der Waals surface area contributed by atoms with Gasteiger partial charge in [-0.1, -0.05) is 5.10 Å². The van der Waals surface area contributed by atoms with Crippen LogP contribution in [-0.4, -0.2) is 50.6 Å². The number of anilines is 1. The maximum Gasteiger partial charge on any atom is 0.327 e. The smallest absolute Gasteiger partial charge is 0.327 e. The molecule has 9 nitrogen and oxygen atoms in total. The van der Waals surface area contributed by atoms with Crippen molar-refractivity contribution < 1.29 is 23.9 Å². The molecule has 0 saturated carbocycles. The van der Waals surface area contributed by atoms with Crippen molar-refractivity contribution >= 4 is 35.6 Å². The van der Waals surface area contributed by atoms with E-state index in [0.29, 0.717) is 5.89 Å². The van der Waals surface area contributed by atoms with E-state index >= 15 is 0 Å². The fourth-order valence-electron chi connectivity index (χ4n) is 1.19. The Balaban J connectivity index is 2.33. The molecular weight excluding hydrogens is 288 g/mol. The average molecular weight is 302 g/mol. The molecule has 0 radical (unpaired) electrons. The van der Waals surface area contributed by atoms with E-state index < -0.39 is 23.8 Å². The SMILES string of the molecule is CC(=O)NC(CSCC(=O)Nc1nnc(C)o1)C(=O)O. The molecule has 1 rings (SSSR count). The van der Waals surface area contributed by atoms with Crippen molar-refractivity contribution in [3.8, 4) is 0 Å². The zero-order valence-corrected chi connectivity index (χ0v) is 11.7. The van der Waals surface area contributed by atoms with Gasteiger partial charge in [0.25, 0.3) is 0 Å². The van der Waals surface area contributed by atoms with Gasteiger partial charge in [0.15, 0.2) is 0 Å². The standard InChI is InChI=1S/C10H14N4O5S/c1-5(15)11-7(9(17)18)3-20-4-8(16)12-10-14-13-6(2)19-10/h7H,3-4H2,1-2H3,(H,11,15)(H,17,18)(H,12,14,16). The summed E-state index contributed by atoms with van der Waals surface area (Å²) in [6.45, 7) is 2.81. The molecule has 0 spiro atoms. The normalized spacial score (nSPS) is 11.7. The van der Waals surface area contributed by atoms with Crippen LogP contribution in [0.15, 0.2) is 4.42 Å². The van der Waals surface area contributed by atoms with Gasteiger partial charge in [-0.05, 0) is 0 Å². The molecule has 0 fully saturated rings. The first kappa shape index (κ1) is 16.0. The first-order valence-corrected chi connectivity index (χ1v) is 6.71. The minimum Gasteiger partial charge on any atom is -0.480 e. The number of nitrogens with one attached hydrogen (secondary N) is 2. The number of rotatable bonds is 7. The summed E-state index contributed by atoms with van der Waals surface area (Å²) in [5.41, 5.74) is 0. The minimum atomic E-state index is -1.15. The lowest BCUT2D eigenvalue weighted by atomic mass is 10.3. The molecule has 3 N–H and O–H groups in total. The number of carboxylic acid groups (broad SMARTS) is 1. The van der Waals surface area contributed by atoms with Crippen molar-refractivity contribution in [1.29, 1.82) is 0 Å². The number of hydrogen-bond acceptors (Lipinski definition) is 7. The van der Waals surface area contributed by atoms with E-state index in [9.17, 15) is 14.4 Å². The highest BCUT2D eigenvalue weighted by Crippen LogP contribution is 2.07. The molecule has 1 aromatic heterocycles. The lowest BCUT2D eigenvalue weighted by molar-refractivity contribution is -0.140. The molecule has 0 aliphatic heterocycles. The van der Waals surface area contributed by atoms with Gasteiger partial charge in [-0.15, -0.1) is 16.9 Å². The zero-order chi connectivity index (χ0) is 15.1. The minimum absolute atomic E-state index is 0.00475. The van der Waals surface area contributed by atoms with Crippen LogP contribution < -0.4 is 10.6 Å². The van der Waals surface area contributed by atoms with Crippen molar-refractivity contribution in [2.24, 2.45) is 0 Å². The maximum absolute atomic E-state index is 11.5. The number of nitrogens with zero attached hydrogens (tertiary/aromatic N) is 2. The van der Waals surface area contributed by atoms with Gasteiger partial charge in [-0.3, -0.25) is 14.9 Å². The molecule has 0 saturated heterocycles. The molecule has 2 amide bonds. The molecule has 0 aliphatic rings. The van der Waals surface area contributed by atoms with Crippen molar-refractivity contribution in [2.45, 2.75) is 19.9 Å². The molecule has 1 unspecified atom stereocenters. The summed E-state index contributed by atoms with van der Waals surface area (Å²) in [5.74, 6) is -1.59. The van der Waals surface area contributed by atoms with E-state index in [1.54, 1.807) is 6.92 Å². The second-order valence-electron chi connectivity index (χ2n) is 3.78. The summed E-state index contributed by atoms with van der Waals surface area (Å²) in [6.07, 6.45) is 0. The number of amides is 2. The number of hydrogen-bond donors (Lipinski definition) is 3. The summed E-state index contributed by atoms with van der Waals surface area (Å²) in [5, 5.41) is 20.6. The first-order chi connectivity index (χ1) is 9.38. The fourth-order valence-corrected chi connectivity index (χ4v) is 2.03. The van der Waals surface area contributed by atoms with Crippen LogP contribution >= 0.6 is 11.8 Å². The Bertz CT molecular complexity index is 504. The van der Waals surface area contributed by atoms with Crippen LogP contribution in [0.5, 0.6) is 0 Å². The predicted octanol–water partition coefficient (Wildman–Crippen LogP) is -0.361. The fraction of sp³-hybridized carbons (Fsp3) is 0.500. The van der Waals surface area contributed by atoms with Crippen LogP contribution in [0.3, 0.4) is 0 Å². The van der Waals surface area contributed by atoms with Crippen molar-refractivity contribution in [1.82, 2.24) is 15.5 Å². The Morgan fingerprint density at radius 3 is 2.60 bits per heavy atom. The molecule has 1 heterocycles. The topological polar surface area (TPSA) is 134 Å². The Kier molecular flexibility index (Phi) is 5.97. The van der Waals surface area contributed by atoms with Crippen LogP contribution in [-0.2, 0) is 14.4 Å². The quantitative estimate of drug-likeness (QED) is 0.621. The number of aryl methyl sites for hydroxylation is 1. The highest BCUT2D eigenvalue weighted by Gasteiger charge is 2.19. The molecule has 0 aliphatic carbocycles. The van der Waals surface area contributed by atoms with Crippen LogP contribution in [0.1, 0.15) is 12.8 Å². The number of carbonyl (C=O) groups excluding carboxylic acids is 2. The van der Waals surface area contributed by atoms with E-state index in [1.807, 2.05) is 0 Å². The second-order valence-corrected chi connectivity index (χ2v) is 4.81. The van der Waals surface area contributed by atoms with Gasteiger partial charge in [0.05, 0.1) is 5.75 Å². The van der Waals surface area contributed by atoms with Crippen molar-refractivity contribution in [2.75, 3.05) is 16.8 Å². The van der Waals surface area contributed by atoms with E-state index in [4.69, 9.17) is 9.52 Å². The zero-order valence-electron chi connectivity index (χ0n) is 10.9. The van der Waals surface area contributed by atoms with E-state index in [1.165, 1.54) is 6.92 Å². The molecule has 1 atom stereocenters. The van der Waals surface area contributed by atoms with Crippen LogP contribution in [0.25, 0.3) is 0 Å². The van der Waals surface area contributed by atoms with Gasteiger partial charge in [0, 0.05) is 19.6 Å². The van der Waals surface area contributed by atoms with Crippen molar-refractivity contribution in [3.05, 3.63) is 5.89 Å². The third kappa shape index (κ3) is 5.69. The Morgan fingerprint density at radius 2 is 2.10 bits per heavy atom. The first-order valence-electron chi connectivity index (χ1n) is 5.56. The Hall–Kier alpha value is -2.10. The summed E-state index contributed by atoms with van der Waals surface area (Å²) in [7, 11) is 0. The van der Waals surface area contributed by atoms with E-state index in [-0.39, 0.29) is 17.5 Å². The summed E-state index contributed by atoms with van der Waals surface area (Å²) in [4.78, 5) is 33.2. The molecule has 0 bridgehead atoms. The lowest BCUT2D eigenvalue weighted by Crippen LogP contribution is -2.41. The third-order valence-corrected chi connectivity index (χ3v) is 3.00. The Labute approximate surface area is 118 Å². The van der Waals surface area contributed by atoms with Crippen LogP contribution in [0, 0.1) is 6.92 Å². The van der Waals surface area contributed by atoms with Crippen molar-refractivity contribution in [3.63, 3.8) is 0 Å². The number of aliphatic carboxylic acids is 1. The highest BCUT2D eigenvalue weighted by atomic mass is 32.2. The predicted molar refractivity (Wildman–Crippen MR) is 70.2 cm³/mol. The number of aromatic nitrogens is 2. The molecule has 0 aromatic carbocycles.